The lowest BCUT2D eigenvalue weighted by Gasteiger charge is -2.37. The van der Waals surface area contributed by atoms with Crippen molar-refractivity contribution in [2.24, 2.45) is 0 Å². The highest BCUT2D eigenvalue weighted by Crippen LogP contribution is 2.42. The van der Waals surface area contributed by atoms with Gasteiger partial charge in [0.15, 0.2) is 0 Å². The molecule has 1 N–H and O–H groups in total. The SMILES string of the molecule is CC1(CCCO)CCCN1c1ccc(S(=O)(=O)N2CCCCC2)cc1[N+](=O)[O-]. The van der Waals surface area contributed by atoms with E-state index in [1.54, 1.807) is 6.07 Å². The maximum absolute atomic E-state index is 12.9. The van der Waals surface area contributed by atoms with Gasteiger partial charge in [0.2, 0.25) is 10.0 Å². The summed E-state index contributed by atoms with van der Waals surface area (Å²) in [5.41, 5.74) is 0.0107. The van der Waals surface area contributed by atoms with Crippen LogP contribution in [0.25, 0.3) is 0 Å². The number of nitro benzene ring substituents is 1. The van der Waals surface area contributed by atoms with Crippen LogP contribution >= 0.6 is 0 Å². The molecule has 2 aliphatic heterocycles. The van der Waals surface area contributed by atoms with Crippen LogP contribution in [0.5, 0.6) is 0 Å². The van der Waals surface area contributed by atoms with Gasteiger partial charge in [0.1, 0.15) is 5.69 Å². The third kappa shape index (κ3) is 4.01. The fourth-order valence-corrected chi connectivity index (χ4v) is 5.98. The number of hydrogen-bond acceptors (Lipinski definition) is 6. The molecular weight excluding hydrogens is 382 g/mol. The first-order valence-electron chi connectivity index (χ1n) is 9.97. The van der Waals surface area contributed by atoms with Gasteiger partial charge in [-0.25, -0.2) is 8.42 Å². The molecular formula is C19H29N3O5S. The molecule has 28 heavy (non-hydrogen) atoms. The Bertz CT molecular complexity index is 823. The van der Waals surface area contributed by atoms with Crippen LogP contribution in [-0.2, 0) is 10.0 Å². The molecule has 0 radical (unpaired) electrons. The molecule has 0 bridgehead atoms. The van der Waals surface area contributed by atoms with E-state index in [2.05, 4.69) is 6.92 Å². The molecule has 0 spiro atoms. The first-order valence-corrected chi connectivity index (χ1v) is 11.4. The zero-order valence-corrected chi connectivity index (χ0v) is 17.2. The van der Waals surface area contributed by atoms with Crippen molar-refractivity contribution < 1.29 is 18.4 Å². The van der Waals surface area contributed by atoms with Crippen molar-refractivity contribution in [3.05, 3.63) is 28.3 Å². The molecule has 1 aromatic rings. The predicted molar refractivity (Wildman–Crippen MR) is 107 cm³/mol. The quantitative estimate of drug-likeness (QED) is 0.546. The van der Waals surface area contributed by atoms with E-state index in [0.717, 1.165) is 38.5 Å². The van der Waals surface area contributed by atoms with Gasteiger partial charge in [0, 0.05) is 37.8 Å². The Morgan fingerprint density at radius 1 is 1.18 bits per heavy atom. The van der Waals surface area contributed by atoms with Gasteiger partial charge < -0.3 is 10.0 Å². The molecule has 2 fully saturated rings. The van der Waals surface area contributed by atoms with Crippen molar-refractivity contribution in [1.29, 1.82) is 0 Å². The lowest BCUT2D eigenvalue weighted by Crippen LogP contribution is -2.41. The number of aliphatic hydroxyl groups is 1. The van der Waals surface area contributed by atoms with Gasteiger partial charge in [-0.1, -0.05) is 6.42 Å². The van der Waals surface area contributed by atoms with Crippen LogP contribution in [0.2, 0.25) is 0 Å². The summed E-state index contributed by atoms with van der Waals surface area (Å²) >= 11 is 0. The highest BCUT2D eigenvalue weighted by atomic mass is 32.2. The molecule has 2 saturated heterocycles. The van der Waals surface area contributed by atoms with Crippen molar-refractivity contribution in [3.8, 4) is 0 Å². The number of nitrogens with zero attached hydrogens (tertiary/aromatic N) is 3. The topological polar surface area (TPSA) is 104 Å². The molecule has 0 amide bonds. The maximum atomic E-state index is 12.9. The molecule has 2 heterocycles. The third-order valence-corrected chi connectivity index (χ3v) is 7.90. The summed E-state index contributed by atoms with van der Waals surface area (Å²) in [6.07, 6.45) is 5.79. The largest absolute Gasteiger partial charge is 0.396 e. The Morgan fingerprint density at radius 3 is 2.54 bits per heavy atom. The molecule has 0 aliphatic carbocycles. The zero-order valence-electron chi connectivity index (χ0n) is 16.3. The number of hydrogen-bond donors (Lipinski definition) is 1. The molecule has 3 rings (SSSR count). The van der Waals surface area contributed by atoms with Gasteiger partial charge in [0.05, 0.1) is 9.82 Å². The number of benzene rings is 1. The van der Waals surface area contributed by atoms with Gasteiger partial charge >= 0.3 is 0 Å². The second-order valence-electron chi connectivity index (χ2n) is 7.95. The summed E-state index contributed by atoms with van der Waals surface area (Å²) < 4.78 is 27.3. The second-order valence-corrected chi connectivity index (χ2v) is 9.89. The lowest BCUT2D eigenvalue weighted by atomic mass is 9.92. The first-order chi connectivity index (χ1) is 13.3. The van der Waals surface area contributed by atoms with Crippen molar-refractivity contribution in [3.63, 3.8) is 0 Å². The van der Waals surface area contributed by atoms with E-state index in [1.165, 1.54) is 16.4 Å². The fraction of sp³-hybridized carbons (Fsp3) is 0.684. The molecule has 1 aromatic carbocycles. The summed E-state index contributed by atoms with van der Waals surface area (Å²) in [5.74, 6) is 0. The summed E-state index contributed by atoms with van der Waals surface area (Å²) in [6.45, 7) is 3.74. The number of anilines is 1. The number of piperidine rings is 1. The first kappa shape index (κ1) is 21.0. The molecule has 8 nitrogen and oxygen atoms in total. The van der Waals surface area contributed by atoms with E-state index < -0.39 is 14.9 Å². The van der Waals surface area contributed by atoms with Gasteiger partial charge in [-0.15, -0.1) is 0 Å². The summed E-state index contributed by atoms with van der Waals surface area (Å²) in [4.78, 5) is 13.3. The molecule has 156 valence electrons. The Balaban J connectivity index is 1.97. The zero-order chi connectivity index (χ0) is 20.4. The summed E-state index contributed by atoms with van der Waals surface area (Å²) in [7, 11) is -3.72. The number of sulfonamides is 1. The van der Waals surface area contributed by atoms with Crippen LogP contribution in [0.1, 0.15) is 51.9 Å². The second kappa shape index (κ2) is 8.34. The number of nitro groups is 1. The smallest absolute Gasteiger partial charge is 0.293 e. The van der Waals surface area contributed by atoms with Crippen LogP contribution in [-0.4, -0.2) is 54.5 Å². The third-order valence-electron chi connectivity index (χ3n) is 6.01. The fourth-order valence-electron chi connectivity index (χ4n) is 4.45. The molecule has 1 atom stereocenters. The van der Waals surface area contributed by atoms with Crippen LogP contribution in [0.15, 0.2) is 23.1 Å². The van der Waals surface area contributed by atoms with Crippen LogP contribution in [0.4, 0.5) is 11.4 Å². The van der Waals surface area contributed by atoms with Gasteiger partial charge in [-0.3, -0.25) is 10.1 Å². The minimum absolute atomic E-state index is 0.0129. The molecule has 1 unspecified atom stereocenters. The standard InChI is InChI=1S/C19H29N3O5S/c1-19(10-6-14-23)9-5-13-21(19)17-8-7-16(15-18(17)22(24)25)28(26,27)20-11-3-2-4-12-20/h7-8,15,23H,2-6,9-14H2,1H3. The number of rotatable bonds is 7. The Kier molecular flexibility index (Phi) is 6.26. The Morgan fingerprint density at radius 2 is 1.89 bits per heavy atom. The molecule has 9 heteroatoms. The van der Waals surface area contributed by atoms with E-state index in [0.29, 0.717) is 31.7 Å². The van der Waals surface area contributed by atoms with Gasteiger partial charge in [-0.2, -0.15) is 4.31 Å². The van der Waals surface area contributed by atoms with Crippen molar-refractivity contribution in [2.75, 3.05) is 31.1 Å². The van der Waals surface area contributed by atoms with E-state index in [9.17, 15) is 23.6 Å². The van der Waals surface area contributed by atoms with E-state index >= 15 is 0 Å². The van der Waals surface area contributed by atoms with Gasteiger partial charge in [0.25, 0.3) is 5.69 Å². The highest BCUT2D eigenvalue weighted by molar-refractivity contribution is 7.89. The normalized spacial score (nSPS) is 23.9. The van der Waals surface area contributed by atoms with E-state index in [4.69, 9.17) is 0 Å². The highest BCUT2D eigenvalue weighted by Gasteiger charge is 2.39. The minimum Gasteiger partial charge on any atom is -0.396 e. The average molecular weight is 412 g/mol. The minimum atomic E-state index is -3.72. The van der Waals surface area contributed by atoms with E-state index in [1.807, 2.05) is 4.90 Å². The maximum Gasteiger partial charge on any atom is 0.293 e. The van der Waals surface area contributed by atoms with Crippen LogP contribution < -0.4 is 4.90 Å². The lowest BCUT2D eigenvalue weighted by molar-refractivity contribution is -0.384. The van der Waals surface area contributed by atoms with Crippen LogP contribution in [0, 0.1) is 10.1 Å². The molecule has 0 aromatic heterocycles. The Labute approximate surface area is 166 Å². The number of aliphatic hydroxyl groups excluding tert-OH is 1. The molecule has 2 aliphatic rings. The average Bonchev–Trinajstić information content (AvgIpc) is 3.08. The molecule has 0 saturated carbocycles. The van der Waals surface area contributed by atoms with Crippen molar-refractivity contribution in [2.45, 2.75) is 62.3 Å². The Hall–Kier alpha value is -1.71. The van der Waals surface area contributed by atoms with Crippen molar-refractivity contribution >= 4 is 21.4 Å². The van der Waals surface area contributed by atoms with E-state index in [-0.39, 0.29) is 22.7 Å². The summed E-state index contributed by atoms with van der Waals surface area (Å²) in [6, 6.07) is 4.29. The van der Waals surface area contributed by atoms with Crippen LogP contribution in [0.3, 0.4) is 0 Å². The predicted octanol–water partition coefficient (Wildman–Crippen LogP) is 2.90. The van der Waals surface area contributed by atoms with Gasteiger partial charge in [-0.05, 0) is 57.6 Å². The monoisotopic (exact) mass is 411 g/mol. The van der Waals surface area contributed by atoms with Crippen molar-refractivity contribution in [1.82, 2.24) is 4.31 Å². The summed E-state index contributed by atoms with van der Waals surface area (Å²) in [5, 5.41) is 21.0.